The standard InChI is InChI=1S/C26H29N5O3S/c1-16(2)22(20-5-4-14-35-20)29-25(32)18-10-12-31(13-11-18)24-21-23(30-34-26(21)28-15-27-24)17-6-8-19(33-3)9-7-17/h4-9,14-16,18,22H,10-13H2,1-3H3,(H,29,32). The van der Waals surface area contributed by atoms with Crippen molar-refractivity contribution < 1.29 is 14.1 Å². The SMILES string of the molecule is COc1ccc(-c2noc3ncnc(N4CCC(C(=O)NC(c5cccs5)C(C)C)CC4)c23)cc1. The average Bonchev–Trinajstić information content (AvgIpc) is 3.57. The molecule has 4 heterocycles. The van der Waals surface area contributed by atoms with Crippen LogP contribution in [0.2, 0.25) is 0 Å². The molecular weight excluding hydrogens is 462 g/mol. The molecule has 5 rings (SSSR count). The van der Waals surface area contributed by atoms with E-state index in [0.29, 0.717) is 17.3 Å². The Morgan fingerprint density at radius 1 is 1.17 bits per heavy atom. The summed E-state index contributed by atoms with van der Waals surface area (Å²) in [6.07, 6.45) is 3.03. The van der Waals surface area contributed by atoms with E-state index in [1.54, 1.807) is 18.4 Å². The number of ether oxygens (including phenoxy) is 1. The minimum absolute atomic E-state index is 0.0201. The maximum atomic E-state index is 13.1. The fraction of sp³-hybridized carbons (Fsp3) is 0.385. The van der Waals surface area contributed by atoms with Crippen LogP contribution in [0.15, 0.2) is 52.6 Å². The Hall–Kier alpha value is -3.46. The smallest absolute Gasteiger partial charge is 0.263 e. The third-order valence-electron chi connectivity index (χ3n) is 6.60. The van der Waals surface area contributed by atoms with Crippen molar-refractivity contribution in [2.45, 2.75) is 32.7 Å². The molecule has 1 aliphatic rings. The molecule has 1 aliphatic heterocycles. The zero-order valence-electron chi connectivity index (χ0n) is 20.1. The van der Waals surface area contributed by atoms with Gasteiger partial charge in [-0.1, -0.05) is 25.1 Å². The molecule has 8 nitrogen and oxygen atoms in total. The van der Waals surface area contributed by atoms with Gasteiger partial charge in [0.1, 0.15) is 29.0 Å². The van der Waals surface area contributed by atoms with Crippen molar-refractivity contribution in [1.82, 2.24) is 20.4 Å². The van der Waals surface area contributed by atoms with Gasteiger partial charge in [0.25, 0.3) is 5.71 Å². The molecule has 0 spiro atoms. The third kappa shape index (κ3) is 4.73. The Bertz CT molecular complexity index is 1280. The van der Waals surface area contributed by atoms with Gasteiger partial charge in [0.05, 0.1) is 13.2 Å². The minimum Gasteiger partial charge on any atom is -0.497 e. The van der Waals surface area contributed by atoms with Gasteiger partial charge in [-0.3, -0.25) is 4.79 Å². The van der Waals surface area contributed by atoms with E-state index in [0.717, 1.165) is 48.4 Å². The molecule has 1 atom stereocenters. The number of amides is 1. The topological polar surface area (TPSA) is 93.4 Å². The highest BCUT2D eigenvalue weighted by atomic mass is 32.1. The third-order valence-corrected chi connectivity index (χ3v) is 7.55. The largest absolute Gasteiger partial charge is 0.497 e. The summed E-state index contributed by atoms with van der Waals surface area (Å²) in [7, 11) is 1.64. The molecule has 1 N–H and O–H groups in total. The van der Waals surface area contributed by atoms with E-state index in [1.165, 1.54) is 11.2 Å². The molecule has 1 saturated heterocycles. The zero-order chi connectivity index (χ0) is 24.4. The molecule has 9 heteroatoms. The second kappa shape index (κ2) is 10.0. The lowest BCUT2D eigenvalue weighted by Crippen LogP contribution is -2.42. The second-order valence-corrected chi connectivity index (χ2v) is 10.1. The number of rotatable bonds is 7. The molecule has 1 unspecified atom stereocenters. The molecule has 1 aromatic carbocycles. The first-order chi connectivity index (χ1) is 17.0. The Morgan fingerprint density at radius 2 is 1.94 bits per heavy atom. The van der Waals surface area contributed by atoms with Crippen molar-refractivity contribution in [1.29, 1.82) is 0 Å². The highest BCUT2D eigenvalue weighted by molar-refractivity contribution is 7.10. The number of aromatic nitrogens is 3. The molecule has 0 bridgehead atoms. The van der Waals surface area contributed by atoms with E-state index in [4.69, 9.17) is 9.26 Å². The molecule has 35 heavy (non-hydrogen) atoms. The fourth-order valence-corrected chi connectivity index (χ4v) is 5.57. The van der Waals surface area contributed by atoms with E-state index >= 15 is 0 Å². The molecule has 0 radical (unpaired) electrons. The minimum atomic E-state index is -0.0201. The molecule has 4 aromatic rings. The summed E-state index contributed by atoms with van der Waals surface area (Å²) in [4.78, 5) is 25.4. The van der Waals surface area contributed by atoms with Crippen LogP contribution in [0.25, 0.3) is 22.4 Å². The van der Waals surface area contributed by atoms with Crippen LogP contribution in [-0.2, 0) is 4.79 Å². The predicted molar refractivity (Wildman–Crippen MR) is 137 cm³/mol. The number of nitrogens with one attached hydrogen (secondary N) is 1. The first kappa shape index (κ1) is 23.3. The number of benzene rings is 1. The zero-order valence-corrected chi connectivity index (χ0v) is 20.9. The van der Waals surface area contributed by atoms with Crippen LogP contribution in [-0.4, -0.2) is 41.2 Å². The number of hydrogen-bond acceptors (Lipinski definition) is 8. The van der Waals surface area contributed by atoms with Crippen molar-refractivity contribution in [3.05, 3.63) is 53.0 Å². The molecule has 0 saturated carbocycles. The van der Waals surface area contributed by atoms with Crippen molar-refractivity contribution in [3.8, 4) is 17.0 Å². The summed E-state index contributed by atoms with van der Waals surface area (Å²) in [6, 6.07) is 11.9. The second-order valence-electron chi connectivity index (χ2n) is 9.14. The van der Waals surface area contributed by atoms with Crippen LogP contribution in [0.5, 0.6) is 5.75 Å². The number of piperidine rings is 1. The van der Waals surface area contributed by atoms with Gasteiger partial charge < -0.3 is 19.5 Å². The van der Waals surface area contributed by atoms with E-state index in [-0.39, 0.29) is 17.9 Å². The molecule has 3 aromatic heterocycles. The van der Waals surface area contributed by atoms with Crippen LogP contribution in [0, 0.1) is 11.8 Å². The Morgan fingerprint density at radius 3 is 2.60 bits per heavy atom. The van der Waals surface area contributed by atoms with Crippen molar-refractivity contribution in [3.63, 3.8) is 0 Å². The van der Waals surface area contributed by atoms with Gasteiger partial charge in [-0.15, -0.1) is 11.3 Å². The van der Waals surface area contributed by atoms with Crippen LogP contribution < -0.4 is 15.0 Å². The molecule has 182 valence electrons. The summed E-state index contributed by atoms with van der Waals surface area (Å²) in [6.45, 7) is 5.74. The number of nitrogens with zero attached hydrogens (tertiary/aromatic N) is 4. The number of anilines is 1. The number of thiophene rings is 1. The normalized spacial score (nSPS) is 15.5. The summed E-state index contributed by atoms with van der Waals surface area (Å²) >= 11 is 1.69. The highest BCUT2D eigenvalue weighted by Crippen LogP contribution is 2.35. The van der Waals surface area contributed by atoms with E-state index in [1.807, 2.05) is 30.3 Å². The maximum Gasteiger partial charge on any atom is 0.263 e. The maximum absolute atomic E-state index is 13.1. The Kier molecular flexibility index (Phi) is 6.68. The number of carbonyl (C=O) groups is 1. The van der Waals surface area contributed by atoms with Gasteiger partial charge in [0.2, 0.25) is 5.91 Å². The summed E-state index contributed by atoms with van der Waals surface area (Å²) in [5.74, 6) is 2.01. The average molecular weight is 492 g/mol. The Labute approximate surface area is 208 Å². The van der Waals surface area contributed by atoms with Crippen LogP contribution >= 0.6 is 11.3 Å². The van der Waals surface area contributed by atoms with Crippen molar-refractivity contribution >= 4 is 34.2 Å². The van der Waals surface area contributed by atoms with Crippen LogP contribution in [0.3, 0.4) is 0 Å². The molecule has 1 fully saturated rings. The Balaban J connectivity index is 1.32. The number of carbonyl (C=O) groups excluding carboxylic acids is 1. The highest BCUT2D eigenvalue weighted by Gasteiger charge is 2.30. The fourth-order valence-electron chi connectivity index (χ4n) is 4.62. The summed E-state index contributed by atoms with van der Waals surface area (Å²) in [5, 5.41) is 10.4. The van der Waals surface area contributed by atoms with Crippen molar-refractivity contribution in [2.24, 2.45) is 11.8 Å². The van der Waals surface area contributed by atoms with Gasteiger partial charge in [-0.25, -0.2) is 4.98 Å². The molecule has 0 aliphatic carbocycles. The lowest BCUT2D eigenvalue weighted by atomic mass is 9.94. The first-order valence-electron chi connectivity index (χ1n) is 11.9. The summed E-state index contributed by atoms with van der Waals surface area (Å²) in [5.41, 5.74) is 2.06. The molecular formula is C26H29N5O3S. The molecule has 1 amide bonds. The van der Waals surface area contributed by atoms with E-state index in [2.05, 4.69) is 50.6 Å². The van der Waals surface area contributed by atoms with Crippen LogP contribution in [0.1, 0.15) is 37.6 Å². The lowest BCUT2D eigenvalue weighted by molar-refractivity contribution is -0.126. The number of methoxy groups -OCH3 is 1. The van der Waals surface area contributed by atoms with Gasteiger partial charge in [-0.2, -0.15) is 4.98 Å². The predicted octanol–water partition coefficient (Wildman–Crippen LogP) is 5.08. The van der Waals surface area contributed by atoms with E-state index in [9.17, 15) is 4.79 Å². The lowest BCUT2D eigenvalue weighted by Gasteiger charge is -2.33. The van der Waals surface area contributed by atoms with Crippen LogP contribution in [0.4, 0.5) is 5.82 Å². The summed E-state index contributed by atoms with van der Waals surface area (Å²) < 4.78 is 10.8. The van der Waals surface area contributed by atoms with Gasteiger partial charge >= 0.3 is 0 Å². The quantitative estimate of drug-likeness (QED) is 0.385. The van der Waals surface area contributed by atoms with Gasteiger partial charge in [0, 0.05) is 29.4 Å². The van der Waals surface area contributed by atoms with E-state index < -0.39 is 0 Å². The number of fused-ring (bicyclic) bond motifs is 1. The van der Waals surface area contributed by atoms with Gasteiger partial charge in [0.15, 0.2) is 0 Å². The van der Waals surface area contributed by atoms with Crippen molar-refractivity contribution in [2.75, 3.05) is 25.1 Å². The first-order valence-corrected chi connectivity index (χ1v) is 12.8. The van der Waals surface area contributed by atoms with Gasteiger partial charge in [-0.05, 0) is 54.5 Å². The monoisotopic (exact) mass is 491 g/mol. The number of hydrogen-bond donors (Lipinski definition) is 1.